The Balaban J connectivity index is 2.01. The molecule has 20 heavy (non-hydrogen) atoms. The second-order valence-corrected chi connectivity index (χ2v) is 4.47. The number of imide groups is 3. The molecule has 0 bridgehead atoms. The maximum absolute atomic E-state index is 12.2. The number of hydrogen-bond acceptors (Lipinski definition) is 4. The average molecular weight is 267 g/mol. The Bertz CT molecular complexity index is 700. The Kier molecular flexibility index (Phi) is 2.68. The van der Waals surface area contributed by atoms with E-state index in [0.29, 0.717) is 4.90 Å². The second kappa shape index (κ2) is 4.38. The number of amides is 3. The zero-order chi connectivity index (χ0) is 14.3. The first-order chi connectivity index (χ1) is 9.61. The molecule has 1 aromatic rings. The van der Waals surface area contributed by atoms with E-state index in [0.717, 1.165) is 0 Å². The van der Waals surface area contributed by atoms with Crippen LogP contribution in [0.4, 0.5) is 0 Å². The molecule has 3 rings (SSSR count). The maximum atomic E-state index is 12.2. The lowest BCUT2D eigenvalue weighted by Crippen LogP contribution is -2.37. The van der Waals surface area contributed by atoms with Crippen molar-refractivity contribution in [3.8, 4) is 0 Å². The summed E-state index contributed by atoms with van der Waals surface area (Å²) < 4.78 is 0. The number of carbonyl (C=O) groups excluding carboxylic acids is 4. The van der Waals surface area contributed by atoms with Gasteiger partial charge in [-0.05, 0) is 18.2 Å². The van der Waals surface area contributed by atoms with Crippen molar-refractivity contribution in [3.63, 3.8) is 0 Å². The molecule has 1 fully saturated rings. The third-order valence-corrected chi connectivity index (χ3v) is 3.27. The van der Waals surface area contributed by atoms with Crippen LogP contribution in [0.1, 0.15) is 10.4 Å². The minimum atomic E-state index is -1.17. The van der Waals surface area contributed by atoms with Crippen molar-refractivity contribution in [3.05, 3.63) is 59.7 Å². The number of carbonyl (C=O) groups is 4. The van der Waals surface area contributed by atoms with E-state index in [9.17, 15) is 19.2 Å². The summed E-state index contributed by atoms with van der Waals surface area (Å²) >= 11 is 0. The van der Waals surface area contributed by atoms with Crippen LogP contribution in [0.15, 0.2) is 54.1 Å². The first kappa shape index (κ1) is 12.2. The zero-order valence-electron chi connectivity index (χ0n) is 10.3. The van der Waals surface area contributed by atoms with Crippen molar-refractivity contribution in [1.29, 1.82) is 0 Å². The fraction of sp³-hybridized carbons (Fsp3) is 0.0667. The molecule has 1 aliphatic heterocycles. The summed E-state index contributed by atoms with van der Waals surface area (Å²) in [5.74, 6) is -3.83. The highest BCUT2D eigenvalue weighted by Crippen LogP contribution is 2.30. The lowest BCUT2D eigenvalue weighted by molar-refractivity contribution is -0.136. The molecule has 1 aliphatic carbocycles. The number of fused-ring (bicyclic) bond motifs is 1. The molecule has 1 heterocycles. The maximum Gasteiger partial charge on any atom is 0.267 e. The minimum Gasteiger partial charge on any atom is -0.294 e. The van der Waals surface area contributed by atoms with Gasteiger partial charge in [-0.15, -0.1) is 0 Å². The van der Waals surface area contributed by atoms with Crippen molar-refractivity contribution in [2.24, 2.45) is 5.92 Å². The van der Waals surface area contributed by atoms with Gasteiger partial charge in [0, 0.05) is 11.1 Å². The summed E-state index contributed by atoms with van der Waals surface area (Å²) in [5.41, 5.74) is 0.292. The summed E-state index contributed by atoms with van der Waals surface area (Å²) in [6.07, 6.45) is 4.05. The van der Waals surface area contributed by atoms with Gasteiger partial charge in [0.1, 0.15) is 5.92 Å². The van der Waals surface area contributed by atoms with Crippen molar-refractivity contribution in [1.82, 2.24) is 4.90 Å². The van der Waals surface area contributed by atoms with Gasteiger partial charge in [0.25, 0.3) is 17.7 Å². The van der Waals surface area contributed by atoms with E-state index in [2.05, 4.69) is 0 Å². The fourth-order valence-corrected chi connectivity index (χ4v) is 2.30. The van der Waals surface area contributed by atoms with Crippen molar-refractivity contribution >= 4 is 23.5 Å². The van der Waals surface area contributed by atoms with Gasteiger partial charge in [-0.3, -0.25) is 19.2 Å². The number of nitrogens with zero attached hydrogens (tertiary/aromatic N) is 1. The molecule has 0 aromatic heterocycles. The highest BCUT2D eigenvalue weighted by molar-refractivity contribution is 6.33. The fourth-order valence-electron chi connectivity index (χ4n) is 2.30. The lowest BCUT2D eigenvalue weighted by Gasteiger charge is -2.11. The number of benzene rings is 1. The molecule has 0 spiro atoms. The van der Waals surface area contributed by atoms with E-state index in [1.165, 1.54) is 30.4 Å². The van der Waals surface area contributed by atoms with Crippen LogP contribution in [0, 0.1) is 5.92 Å². The summed E-state index contributed by atoms with van der Waals surface area (Å²) in [4.78, 5) is 48.8. The van der Waals surface area contributed by atoms with Gasteiger partial charge >= 0.3 is 0 Å². The van der Waals surface area contributed by atoms with E-state index in [1.807, 2.05) is 0 Å². The van der Waals surface area contributed by atoms with E-state index in [4.69, 9.17) is 0 Å². The van der Waals surface area contributed by atoms with Crippen LogP contribution in [0.5, 0.6) is 0 Å². The van der Waals surface area contributed by atoms with Gasteiger partial charge in [0.05, 0.1) is 0 Å². The van der Waals surface area contributed by atoms with Crippen molar-refractivity contribution in [2.75, 3.05) is 0 Å². The van der Waals surface area contributed by atoms with Crippen LogP contribution in [0.25, 0.3) is 0 Å². The highest BCUT2D eigenvalue weighted by Gasteiger charge is 2.49. The number of hydrogen-bond donors (Lipinski definition) is 0. The molecule has 1 unspecified atom stereocenters. The van der Waals surface area contributed by atoms with Gasteiger partial charge in [-0.1, -0.05) is 30.4 Å². The van der Waals surface area contributed by atoms with E-state index >= 15 is 0 Å². The van der Waals surface area contributed by atoms with Gasteiger partial charge in [0.15, 0.2) is 5.78 Å². The van der Waals surface area contributed by atoms with Gasteiger partial charge in [-0.25, -0.2) is 4.90 Å². The molecular formula is C15H9NO4. The molecule has 2 aliphatic rings. The van der Waals surface area contributed by atoms with E-state index in [1.54, 1.807) is 18.2 Å². The SMILES string of the molecule is O=C1C=CC=C2C(=O)N(C(=O)c3ccccc3)C(=O)C12. The molecular weight excluding hydrogens is 258 g/mol. The predicted octanol–water partition coefficient (Wildman–Crippen LogP) is 0.877. The van der Waals surface area contributed by atoms with Gasteiger partial charge in [-0.2, -0.15) is 0 Å². The molecule has 1 atom stereocenters. The quantitative estimate of drug-likeness (QED) is 0.559. The number of ketones is 1. The molecule has 3 amide bonds. The molecule has 0 N–H and O–H groups in total. The number of rotatable bonds is 1. The third kappa shape index (κ3) is 1.64. The Morgan fingerprint density at radius 1 is 1.05 bits per heavy atom. The molecule has 0 saturated carbocycles. The van der Waals surface area contributed by atoms with Crippen molar-refractivity contribution in [2.45, 2.75) is 0 Å². The first-order valence-corrected chi connectivity index (χ1v) is 6.01. The minimum absolute atomic E-state index is 0.0618. The third-order valence-electron chi connectivity index (χ3n) is 3.27. The average Bonchev–Trinajstić information content (AvgIpc) is 2.72. The van der Waals surface area contributed by atoms with Gasteiger partial charge < -0.3 is 0 Å². The summed E-state index contributed by atoms with van der Waals surface area (Å²) in [6.45, 7) is 0. The molecule has 0 radical (unpaired) electrons. The van der Waals surface area contributed by atoms with Crippen LogP contribution >= 0.6 is 0 Å². The Hall–Kier alpha value is -2.82. The number of allylic oxidation sites excluding steroid dienone is 3. The number of likely N-dealkylation sites (tertiary alicyclic amines) is 1. The Morgan fingerprint density at radius 3 is 2.40 bits per heavy atom. The smallest absolute Gasteiger partial charge is 0.267 e. The van der Waals surface area contributed by atoms with Crippen LogP contribution < -0.4 is 0 Å². The van der Waals surface area contributed by atoms with Crippen LogP contribution in [0.3, 0.4) is 0 Å². The van der Waals surface area contributed by atoms with Crippen molar-refractivity contribution < 1.29 is 19.2 Å². The second-order valence-electron chi connectivity index (χ2n) is 4.47. The lowest BCUT2D eigenvalue weighted by atomic mass is 9.93. The predicted molar refractivity (Wildman–Crippen MR) is 68.3 cm³/mol. The monoisotopic (exact) mass is 267 g/mol. The molecule has 5 heteroatoms. The summed E-state index contributed by atoms with van der Waals surface area (Å²) in [5, 5.41) is 0. The summed E-state index contributed by atoms with van der Waals surface area (Å²) in [7, 11) is 0. The van der Waals surface area contributed by atoms with Crippen LogP contribution in [0.2, 0.25) is 0 Å². The Labute approximate surface area is 114 Å². The van der Waals surface area contributed by atoms with Gasteiger partial charge in [0.2, 0.25) is 0 Å². The largest absolute Gasteiger partial charge is 0.294 e. The van der Waals surface area contributed by atoms with E-state index < -0.39 is 29.4 Å². The normalized spacial score (nSPS) is 21.0. The van der Waals surface area contributed by atoms with Crippen LogP contribution in [-0.4, -0.2) is 28.4 Å². The topological polar surface area (TPSA) is 71.5 Å². The zero-order valence-corrected chi connectivity index (χ0v) is 10.3. The standard InChI is InChI=1S/C15H9NO4/c17-11-8-4-7-10-12(11)15(20)16(14(10)19)13(18)9-5-2-1-3-6-9/h1-8,12H. The Morgan fingerprint density at radius 2 is 1.75 bits per heavy atom. The van der Waals surface area contributed by atoms with E-state index in [-0.39, 0.29) is 11.1 Å². The summed E-state index contributed by atoms with van der Waals surface area (Å²) in [6, 6.07) is 8.02. The molecule has 98 valence electrons. The molecule has 5 nitrogen and oxygen atoms in total. The first-order valence-electron chi connectivity index (χ1n) is 6.01. The molecule has 1 aromatic carbocycles. The van der Waals surface area contributed by atoms with Crippen LogP contribution in [-0.2, 0) is 14.4 Å². The highest BCUT2D eigenvalue weighted by atomic mass is 16.2. The molecule has 1 saturated heterocycles.